The molecule has 1 unspecified atom stereocenters. The number of phenolic OH excluding ortho intramolecular Hbond substituents is 1. The number of rotatable bonds is 8. The first-order valence-electron chi connectivity index (χ1n) is 8.67. The fourth-order valence-corrected chi connectivity index (χ4v) is 3.01. The lowest BCUT2D eigenvalue weighted by atomic mass is 9.84. The third-order valence-electron chi connectivity index (χ3n) is 4.53. The van der Waals surface area contributed by atoms with Crippen LogP contribution in [-0.4, -0.2) is 27.7 Å². The van der Waals surface area contributed by atoms with Gasteiger partial charge in [0.1, 0.15) is 5.75 Å². The Morgan fingerprint density at radius 3 is 2.37 bits per heavy atom. The van der Waals surface area contributed by atoms with Crippen LogP contribution in [0.15, 0.2) is 36.4 Å². The molecule has 0 saturated heterocycles. The van der Waals surface area contributed by atoms with E-state index < -0.39 is 16.5 Å². The highest BCUT2D eigenvalue weighted by atomic mass is 16.6. The smallest absolute Gasteiger partial charge is 0.340 e. The van der Waals surface area contributed by atoms with Gasteiger partial charge >= 0.3 is 5.97 Å². The summed E-state index contributed by atoms with van der Waals surface area (Å²) in [5.41, 5.74) is -0.0143. The zero-order valence-corrected chi connectivity index (χ0v) is 15.6. The molecule has 27 heavy (non-hydrogen) atoms. The van der Waals surface area contributed by atoms with E-state index >= 15 is 0 Å². The van der Waals surface area contributed by atoms with Crippen molar-refractivity contribution in [1.29, 1.82) is 0 Å². The predicted molar refractivity (Wildman–Crippen MR) is 101 cm³/mol. The Bertz CT molecular complexity index is 846. The van der Waals surface area contributed by atoms with Gasteiger partial charge in [0.25, 0.3) is 5.69 Å². The number of nitro benzene ring substituents is 1. The number of benzene rings is 2. The van der Waals surface area contributed by atoms with Gasteiger partial charge in [-0.25, -0.2) is 4.79 Å². The number of ether oxygens (including phenoxy) is 1. The van der Waals surface area contributed by atoms with Gasteiger partial charge in [0.15, 0.2) is 5.60 Å². The van der Waals surface area contributed by atoms with Gasteiger partial charge in [-0.15, -0.1) is 0 Å². The molecule has 0 aliphatic carbocycles. The monoisotopic (exact) mass is 373 g/mol. The molecule has 0 saturated carbocycles. The molecule has 0 aliphatic rings. The molecule has 7 heteroatoms. The van der Waals surface area contributed by atoms with Gasteiger partial charge in [-0.1, -0.05) is 19.4 Å². The maximum atomic E-state index is 12.1. The fraction of sp³-hybridized carbons (Fsp3) is 0.350. The summed E-state index contributed by atoms with van der Waals surface area (Å²) in [7, 11) is 0. The van der Waals surface area contributed by atoms with E-state index in [1.807, 2.05) is 6.92 Å². The van der Waals surface area contributed by atoms with E-state index in [-0.39, 0.29) is 18.0 Å². The van der Waals surface area contributed by atoms with E-state index in [9.17, 15) is 25.1 Å². The van der Waals surface area contributed by atoms with Gasteiger partial charge in [-0.2, -0.15) is 0 Å². The van der Waals surface area contributed by atoms with Gasteiger partial charge in [-0.05, 0) is 49.6 Å². The van der Waals surface area contributed by atoms with Crippen LogP contribution in [0.2, 0.25) is 0 Å². The second-order valence-electron chi connectivity index (χ2n) is 6.50. The van der Waals surface area contributed by atoms with Crippen molar-refractivity contribution in [2.75, 3.05) is 6.61 Å². The van der Waals surface area contributed by atoms with Gasteiger partial charge in [0.05, 0.1) is 4.92 Å². The van der Waals surface area contributed by atoms with Gasteiger partial charge in [0.2, 0.25) is 0 Å². The van der Waals surface area contributed by atoms with Gasteiger partial charge in [0, 0.05) is 29.9 Å². The molecular weight excluding hydrogens is 350 g/mol. The van der Waals surface area contributed by atoms with Crippen LogP contribution in [0.25, 0.3) is 11.1 Å². The normalized spacial score (nSPS) is 13.1. The molecule has 0 fully saturated rings. The summed E-state index contributed by atoms with van der Waals surface area (Å²) in [5, 5.41) is 31.3. The summed E-state index contributed by atoms with van der Waals surface area (Å²) in [4.78, 5) is 22.5. The number of carboxylic acid groups (broad SMARTS) is 1. The Kier molecular flexibility index (Phi) is 6.17. The first-order valence-corrected chi connectivity index (χ1v) is 8.67. The van der Waals surface area contributed by atoms with E-state index in [2.05, 4.69) is 0 Å². The molecule has 7 nitrogen and oxygen atoms in total. The maximum absolute atomic E-state index is 12.1. The Labute approximate surface area is 157 Å². The number of hydrogen-bond acceptors (Lipinski definition) is 5. The third-order valence-corrected chi connectivity index (χ3v) is 4.53. The quantitative estimate of drug-likeness (QED) is 0.403. The van der Waals surface area contributed by atoms with Crippen LogP contribution in [0.3, 0.4) is 0 Å². The fourth-order valence-electron chi connectivity index (χ4n) is 3.01. The highest BCUT2D eigenvalue weighted by Gasteiger charge is 2.40. The number of nitro groups is 1. The minimum absolute atomic E-state index is 0.0902. The van der Waals surface area contributed by atoms with Crippen molar-refractivity contribution in [2.24, 2.45) is 0 Å². The molecule has 2 N–H and O–H groups in total. The Balaban J connectivity index is 2.67. The Morgan fingerprint density at radius 2 is 1.85 bits per heavy atom. The Hall–Kier alpha value is -2.93. The summed E-state index contributed by atoms with van der Waals surface area (Å²) in [6, 6.07) is 8.72. The first-order chi connectivity index (χ1) is 12.7. The molecule has 0 spiro atoms. The zero-order chi connectivity index (χ0) is 20.2. The topological polar surface area (TPSA) is 110 Å². The number of hydrogen-bond donors (Lipinski definition) is 2. The largest absolute Gasteiger partial charge is 0.507 e. The number of unbranched alkanes of at least 4 members (excludes halogenated alkanes) is 1. The summed E-state index contributed by atoms with van der Waals surface area (Å²) in [5.74, 6) is -1.29. The van der Waals surface area contributed by atoms with Crippen molar-refractivity contribution >= 4 is 11.7 Å². The molecule has 1 atom stereocenters. The standard InChI is InChI=1S/C20H23NO6/c1-4-5-12-27-20(3,19(23)24)18-13(2)6-11-16(22)17(18)14-7-9-15(10-8-14)21(25)26/h6-11,22H,4-5,12H2,1-3H3,(H,23,24). The van der Waals surface area contributed by atoms with Crippen molar-refractivity contribution < 1.29 is 24.7 Å². The van der Waals surface area contributed by atoms with E-state index in [1.165, 1.54) is 37.3 Å². The average molecular weight is 373 g/mol. The second kappa shape index (κ2) is 8.18. The summed E-state index contributed by atoms with van der Waals surface area (Å²) >= 11 is 0. The van der Waals surface area contributed by atoms with Gasteiger partial charge in [-0.3, -0.25) is 10.1 Å². The Morgan fingerprint density at radius 1 is 1.22 bits per heavy atom. The van der Waals surface area contributed by atoms with Crippen LogP contribution in [0.1, 0.15) is 37.8 Å². The molecule has 0 radical (unpaired) electrons. The molecule has 2 aromatic carbocycles. The lowest BCUT2D eigenvalue weighted by molar-refractivity contribution is -0.384. The SMILES string of the molecule is CCCCOC(C)(C(=O)O)c1c(C)ccc(O)c1-c1ccc([N+](=O)[O-])cc1. The van der Waals surface area contributed by atoms with Crippen molar-refractivity contribution in [3.05, 3.63) is 57.6 Å². The number of aryl methyl sites for hydroxylation is 1. The molecule has 2 aromatic rings. The number of carboxylic acids is 1. The van der Waals surface area contributed by atoms with Crippen LogP contribution in [0.5, 0.6) is 5.75 Å². The van der Waals surface area contributed by atoms with Crippen molar-refractivity contribution in [3.8, 4) is 16.9 Å². The third kappa shape index (κ3) is 4.09. The van der Waals surface area contributed by atoms with Crippen molar-refractivity contribution in [2.45, 2.75) is 39.2 Å². The van der Waals surface area contributed by atoms with Crippen LogP contribution >= 0.6 is 0 Å². The van der Waals surface area contributed by atoms with E-state index in [0.717, 1.165) is 6.42 Å². The van der Waals surface area contributed by atoms with E-state index in [1.54, 1.807) is 13.0 Å². The molecule has 0 heterocycles. The molecular formula is C20H23NO6. The number of phenols is 1. The van der Waals surface area contributed by atoms with Crippen molar-refractivity contribution in [3.63, 3.8) is 0 Å². The maximum Gasteiger partial charge on any atom is 0.340 e. The number of nitrogens with zero attached hydrogens (tertiary/aromatic N) is 1. The highest BCUT2D eigenvalue weighted by molar-refractivity contribution is 5.86. The predicted octanol–water partition coefficient (Wildman–Crippen LogP) is 4.39. The summed E-state index contributed by atoms with van der Waals surface area (Å²) in [6.45, 7) is 5.44. The van der Waals surface area contributed by atoms with E-state index in [0.29, 0.717) is 28.7 Å². The molecule has 2 rings (SSSR count). The summed E-state index contributed by atoms with van der Waals surface area (Å²) in [6.07, 6.45) is 1.55. The number of carbonyl (C=O) groups is 1. The second-order valence-corrected chi connectivity index (χ2v) is 6.50. The lowest BCUT2D eigenvalue weighted by Crippen LogP contribution is -2.37. The molecule has 0 bridgehead atoms. The highest BCUT2D eigenvalue weighted by Crippen LogP contribution is 2.42. The number of non-ortho nitro benzene ring substituents is 1. The lowest BCUT2D eigenvalue weighted by Gasteiger charge is -2.30. The average Bonchev–Trinajstić information content (AvgIpc) is 2.63. The van der Waals surface area contributed by atoms with Gasteiger partial charge < -0.3 is 14.9 Å². The zero-order valence-electron chi connectivity index (χ0n) is 15.6. The van der Waals surface area contributed by atoms with Crippen LogP contribution in [0, 0.1) is 17.0 Å². The van der Waals surface area contributed by atoms with Crippen molar-refractivity contribution in [1.82, 2.24) is 0 Å². The van der Waals surface area contributed by atoms with Crippen LogP contribution in [-0.2, 0) is 15.1 Å². The number of aromatic hydroxyl groups is 1. The minimum Gasteiger partial charge on any atom is -0.507 e. The minimum atomic E-state index is -1.67. The van der Waals surface area contributed by atoms with E-state index in [4.69, 9.17) is 4.74 Å². The molecule has 144 valence electrons. The first kappa shape index (κ1) is 20.4. The molecule has 0 aliphatic heterocycles. The summed E-state index contributed by atoms with van der Waals surface area (Å²) < 4.78 is 5.76. The molecule has 0 amide bonds. The van der Waals surface area contributed by atoms with Crippen LogP contribution < -0.4 is 0 Å². The number of aliphatic carboxylic acids is 1. The molecule has 0 aromatic heterocycles. The van der Waals surface area contributed by atoms with Crippen LogP contribution in [0.4, 0.5) is 5.69 Å².